The highest BCUT2D eigenvalue weighted by Gasteiger charge is 2.18. The van der Waals surface area contributed by atoms with Gasteiger partial charge in [-0.2, -0.15) is 0 Å². The zero-order valence-electron chi connectivity index (χ0n) is 10.5. The van der Waals surface area contributed by atoms with Crippen molar-refractivity contribution >= 4 is 49.0 Å². The van der Waals surface area contributed by atoms with Crippen molar-refractivity contribution in [3.8, 4) is 5.75 Å². The van der Waals surface area contributed by atoms with Crippen LogP contribution in [0, 0.1) is 0 Å². The van der Waals surface area contributed by atoms with Crippen molar-refractivity contribution in [1.29, 1.82) is 0 Å². The van der Waals surface area contributed by atoms with Gasteiger partial charge in [-0.1, -0.05) is 0 Å². The average molecular weight is 408 g/mol. The molecule has 0 radical (unpaired) electrons. The van der Waals surface area contributed by atoms with E-state index in [1.54, 1.807) is 30.5 Å². The molecule has 1 aliphatic carbocycles. The molecule has 6 heteroatoms. The quantitative estimate of drug-likeness (QED) is 0.770. The van der Waals surface area contributed by atoms with Gasteiger partial charge in [0.2, 0.25) is 5.78 Å². The first-order valence-electron chi connectivity index (χ1n) is 6.01. The van der Waals surface area contributed by atoms with E-state index in [4.69, 9.17) is 0 Å². The standard InChI is InChI=1S/C15H8Br2N2O2/c16-10-6-8(7-11(17)15(10)21)19-12-3-4-13(20)14-9(12)2-1-5-18-14/h1-7,21H. The number of rotatable bonds is 1. The van der Waals surface area contributed by atoms with E-state index in [1.807, 2.05) is 6.07 Å². The molecule has 4 nitrogen and oxygen atoms in total. The number of phenols is 1. The molecular formula is C15H8Br2N2O2. The Balaban J connectivity index is 2.13. The lowest BCUT2D eigenvalue weighted by atomic mass is 9.99. The Labute approximate surface area is 137 Å². The molecule has 0 amide bonds. The van der Waals surface area contributed by atoms with Gasteiger partial charge in [-0.25, -0.2) is 4.99 Å². The number of hydrogen-bond donors (Lipinski definition) is 1. The Morgan fingerprint density at radius 3 is 2.57 bits per heavy atom. The second kappa shape index (κ2) is 5.54. The van der Waals surface area contributed by atoms with E-state index < -0.39 is 0 Å². The summed E-state index contributed by atoms with van der Waals surface area (Å²) in [6.45, 7) is 0. The summed E-state index contributed by atoms with van der Waals surface area (Å²) in [6.07, 6.45) is 4.71. The highest BCUT2D eigenvalue weighted by atomic mass is 79.9. The van der Waals surface area contributed by atoms with Crippen molar-refractivity contribution < 1.29 is 9.90 Å². The number of pyridine rings is 1. The minimum atomic E-state index is -0.127. The Bertz CT molecular complexity index is 790. The summed E-state index contributed by atoms with van der Waals surface area (Å²) in [4.78, 5) is 20.4. The van der Waals surface area contributed by atoms with Crippen LogP contribution >= 0.6 is 31.9 Å². The van der Waals surface area contributed by atoms with Crippen molar-refractivity contribution in [2.24, 2.45) is 4.99 Å². The summed E-state index contributed by atoms with van der Waals surface area (Å²) in [5.74, 6) is -0.00648. The fourth-order valence-corrected chi connectivity index (χ4v) is 3.15. The zero-order chi connectivity index (χ0) is 15.0. The first kappa shape index (κ1) is 14.2. The summed E-state index contributed by atoms with van der Waals surface area (Å²) in [5, 5.41) is 9.72. The number of benzene rings is 1. The lowest BCUT2D eigenvalue weighted by Crippen LogP contribution is -2.13. The number of carbonyl (C=O) groups is 1. The molecule has 0 spiro atoms. The summed E-state index contributed by atoms with van der Waals surface area (Å²) in [7, 11) is 0. The number of ketones is 1. The van der Waals surface area contributed by atoms with E-state index in [1.165, 1.54) is 6.08 Å². The molecule has 2 aromatic rings. The number of allylic oxidation sites excluding steroid dienone is 2. The third-order valence-corrected chi connectivity index (χ3v) is 4.17. The summed E-state index contributed by atoms with van der Waals surface area (Å²) in [6, 6.07) is 6.98. The van der Waals surface area contributed by atoms with Gasteiger partial charge in [0.15, 0.2) is 0 Å². The van der Waals surface area contributed by atoms with Gasteiger partial charge in [0.05, 0.1) is 20.3 Å². The Morgan fingerprint density at radius 2 is 1.86 bits per heavy atom. The highest BCUT2D eigenvalue weighted by molar-refractivity contribution is 9.11. The first-order valence-corrected chi connectivity index (χ1v) is 7.59. The highest BCUT2D eigenvalue weighted by Crippen LogP contribution is 2.36. The van der Waals surface area contributed by atoms with Crippen LogP contribution in [0.1, 0.15) is 16.1 Å². The van der Waals surface area contributed by atoms with Gasteiger partial charge in [0, 0.05) is 11.8 Å². The SMILES string of the molecule is O=C1C=CC(=Nc2cc(Br)c(O)c(Br)c2)c2cccnc21. The smallest absolute Gasteiger partial charge is 0.204 e. The maximum Gasteiger partial charge on any atom is 0.204 e. The molecule has 0 fully saturated rings. The minimum absolute atomic E-state index is 0.121. The Morgan fingerprint density at radius 1 is 1.14 bits per heavy atom. The van der Waals surface area contributed by atoms with Crippen LogP contribution < -0.4 is 0 Å². The number of phenolic OH excluding ortho intramolecular Hbond substituents is 1. The number of fused-ring (bicyclic) bond motifs is 1. The van der Waals surface area contributed by atoms with Crippen LogP contribution in [0.4, 0.5) is 5.69 Å². The fourth-order valence-electron chi connectivity index (χ4n) is 1.98. The molecule has 0 unspecified atom stereocenters. The second-order valence-corrected chi connectivity index (χ2v) is 6.06. The van der Waals surface area contributed by atoms with Gasteiger partial charge in [0.25, 0.3) is 0 Å². The second-order valence-electron chi connectivity index (χ2n) is 4.35. The molecule has 0 bridgehead atoms. The average Bonchev–Trinajstić information content (AvgIpc) is 2.48. The third kappa shape index (κ3) is 2.69. The molecule has 21 heavy (non-hydrogen) atoms. The predicted molar refractivity (Wildman–Crippen MR) is 87.4 cm³/mol. The molecular weight excluding hydrogens is 400 g/mol. The summed E-state index contributed by atoms with van der Waals surface area (Å²) in [5.41, 5.74) is 2.40. The van der Waals surface area contributed by atoms with E-state index in [2.05, 4.69) is 41.8 Å². The Kier molecular flexibility index (Phi) is 3.73. The molecule has 0 aliphatic heterocycles. The van der Waals surface area contributed by atoms with Gasteiger partial charge in [0.1, 0.15) is 11.4 Å². The molecule has 1 aromatic carbocycles. The van der Waals surface area contributed by atoms with E-state index in [0.29, 0.717) is 31.6 Å². The Hall–Kier alpha value is -1.79. The van der Waals surface area contributed by atoms with Crippen LogP contribution in [-0.4, -0.2) is 21.6 Å². The number of aromatic hydroxyl groups is 1. The molecule has 1 aliphatic rings. The van der Waals surface area contributed by atoms with Crippen LogP contribution in [0.15, 0.2) is 56.6 Å². The van der Waals surface area contributed by atoms with Crippen LogP contribution in [0.3, 0.4) is 0 Å². The molecule has 3 rings (SSSR count). The molecule has 1 aromatic heterocycles. The number of nitrogens with zero attached hydrogens (tertiary/aromatic N) is 2. The number of halogens is 2. The van der Waals surface area contributed by atoms with Crippen molar-refractivity contribution in [1.82, 2.24) is 4.98 Å². The third-order valence-electron chi connectivity index (χ3n) is 2.96. The number of aliphatic imine (C=N–C) groups is 1. The van der Waals surface area contributed by atoms with Crippen molar-refractivity contribution in [3.63, 3.8) is 0 Å². The van der Waals surface area contributed by atoms with Crippen LogP contribution in [0.25, 0.3) is 0 Å². The summed E-state index contributed by atoms with van der Waals surface area (Å²) >= 11 is 6.54. The lowest BCUT2D eigenvalue weighted by Gasteiger charge is -2.11. The number of aromatic nitrogens is 1. The topological polar surface area (TPSA) is 62.5 Å². The van der Waals surface area contributed by atoms with Gasteiger partial charge < -0.3 is 5.11 Å². The van der Waals surface area contributed by atoms with E-state index in [9.17, 15) is 9.90 Å². The minimum Gasteiger partial charge on any atom is -0.506 e. The number of carbonyl (C=O) groups excluding carboxylic acids is 1. The maximum absolute atomic E-state index is 11.8. The maximum atomic E-state index is 11.8. The fraction of sp³-hybridized carbons (Fsp3) is 0. The molecule has 1 heterocycles. The normalized spacial score (nSPS) is 15.3. The van der Waals surface area contributed by atoms with Gasteiger partial charge in [-0.05, 0) is 68.3 Å². The van der Waals surface area contributed by atoms with E-state index in [-0.39, 0.29) is 11.5 Å². The van der Waals surface area contributed by atoms with Crippen molar-refractivity contribution in [3.05, 3.63) is 62.8 Å². The van der Waals surface area contributed by atoms with Crippen molar-refractivity contribution in [2.75, 3.05) is 0 Å². The van der Waals surface area contributed by atoms with Gasteiger partial charge in [-0.3, -0.25) is 9.78 Å². The largest absolute Gasteiger partial charge is 0.506 e. The zero-order valence-corrected chi connectivity index (χ0v) is 13.7. The molecule has 0 saturated heterocycles. The molecule has 1 N–H and O–H groups in total. The van der Waals surface area contributed by atoms with Crippen LogP contribution in [0.2, 0.25) is 0 Å². The predicted octanol–water partition coefficient (Wildman–Crippen LogP) is 4.19. The molecule has 0 saturated carbocycles. The lowest BCUT2D eigenvalue weighted by molar-refractivity contribution is 0.104. The molecule has 104 valence electrons. The van der Waals surface area contributed by atoms with E-state index >= 15 is 0 Å². The van der Waals surface area contributed by atoms with Crippen LogP contribution in [-0.2, 0) is 0 Å². The monoisotopic (exact) mass is 406 g/mol. The van der Waals surface area contributed by atoms with Crippen LogP contribution in [0.5, 0.6) is 5.75 Å². The van der Waals surface area contributed by atoms with E-state index in [0.717, 1.165) is 0 Å². The first-order chi connectivity index (χ1) is 10.1. The number of hydrogen-bond acceptors (Lipinski definition) is 4. The van der Waals surface area contributed by atoms with Gasteiger partial charge in [-0.15, -0.1) is 0 Å². The molecule has 0 atom stereocenters. The van der Waals surface area contributed by atoms with Crippen molar-refractivity contribution in [2.45, 2.75) is 0 Å². The summed E-state index contributed by atoms with van der Waals surface area (Å²) < 4.78 is 1.08. The van der Waals surface area contributed by atoms with Gasteiger partial charge >= 0.3 is 0 Å².